The standard InChI is InChI=1S/C50H63N5O6Si/c1-50(2,3)62(4,5)61-45(41-22-24-44(47-42(41)23-25-46(56)54-47)59-34-35-14-8-6-9-15-35)33-52-38-21-20-37(32-38)48(57)51-28-31-55-29-26-39(27-30-55)60-49(58)53-43-19-13-12-18-40(43)36-16-10-7-11-17-36/h6-19,22-25,37-39,45,52H,20-21,26-34H2,1-5H3,(H,51,57)(H,53,58)(H,54,56). The molecule has 1 aliphatic heterocycles. The van der Waals surface area contributed by atoms with Gasteiger partial charge in [0.05, 0.1) is 17.3 Å². The van der Waals surface area contributed by atoms with Crippen molar-refractivity contribution < 1.29 is 23.5 Å². The molecule has 2 fully saturated rings. The number of pyridine rings is 1. The second kappa shape index (κ2) is 20.3. The van der Waals surface area contributed by atoms with E-state index in [1.165, 1.54) is 0 Å². The summed E-state index contributed by atoms with van der Waals surface area (Å²) in [6, 6.07) is 35.3. The van der Waals surface area contributed by atoms with Crippen LogP contribution in [-0.2, 0) is 20.6 Å². The molecule has 1 saturated heterocycles. The number of likely N-dealkylation sites (tertiary alicyclic amines) is 1. The van der Waals surface area contributed by atoms with E-state index in [-0.39, 0.29) is 40.7 Å². The van der Waals surface area contributed by atoms with Gasteiger partial charge >= 0.3 is 6.09 Å². The molecule has 3 atom stereocenters. The summed E-state index contributed by atoms with van der Waals surface area (Å²) < 4.78 is 19.2. The van der Waals surface area contributed by atoms with Crippen molar-refractivity contribution in [2.75, 3.05) is 38.0 Å². The maximum atomic E-state index is 13.4. The van der Waals surface area contributed by atoms with Crippen LogP contribution in [0.25, 0.3) is 22.0 Å². The number of nitrogens with zero attached hydrogens (tertiary/aromatic N) is 1. The number of ether oxygens (including phenoxy) is 2. The third kappa shape index (κ3) is 11.6. The Labute approximate surface area is 367 Å². The Kier molecular flexibility index (Phi) is 14.6. The SMILES string of the molecule is CC(C)(C)[Si](C)(C)OC(CNC1CCC(C(=O)NCCN2CCC(OC(=O)Nc3ccccc3-c3ccccc3)CC2)C1)c1ccc(OCc2ccccc2)c2[nH]c(=O)ccc12. The molecule has 11 nitrogen and oxygen atoms in total. The molecule has 328 valence electrons. The number of hydrogen-bond donors (Lipinski definition) is 4. The fourth-order valence-electron chi connectivity index (χ4n) is 8.30. The number of anilines is 1. The topological polar surface area (TPSA) is 134 Å². The lowest BCUT2D eigenvalue weighted by atomic mass is 10.0. The minimum atomic E-state index is -2.23. The zero-order valence-corrected chi connectivity index (χ0v) is 37.9. The number of benzene rings is 4. The van der Waals surface area contributed by atoms with Crippen LogP contribution in [0, 0.1) is 5.92 Å². The van der Waals surface area contributed by atoms with Crippen molar-refractivity contribution in [2.45, 2.75) is 95.9 Å². The van der Waals surface area contributed by atoms with Crippen LogP contribution in [0.1, 0.15) is 70.1 Å². The number of carbonyl (C=O) groups excluding carboxylic acids is 2. The zero-order valence-electron chi connectivity index (χ0n) is 36.9. The average molecular weight is 858 g/mol. The number of carbonyl (C=O) groups is 2. The van der Waals surface area contributed by atoms with Crippen molar-refractivity contribution >= 4 is 36.9 Å². The van der Waals surface area contributed by atoms with Crippen molar-refractivity contribution in [2.24, 2.45) is 5.92 Å². The first kappa shape index (κ1) is 44.8. The molecule has 12 heteroatoms. The van der Waals surface area contributed by atoms with E-state index < -0.39 is 14.4 Å². The van der Waals surface area contributed by atoms with E-state index in [0.717, 1.165) is 85.1 Å². The van der Waals surface area contributed by atoms with E-state index in [0.29, 0.717) is 31.0 Å². The highest BCUT2D eigenvalue weighted by Gasteiger charge is 2.40. The number of fused-ring (bicyclic) bond motifs is 1. The summed E-state index contributed by atoms with van der Waals surface area (Å²) in [5.41, 5.74) is 5.22. The van der Waals surface area contributed by atoms with E-state index in [2.05, 4.69) is 65.8 Å². The lowest BCUT2D eigenvalue weighted by Crippen LogP contribution is -2.44. The molecule has 0 bridgehead atoms. The number of aromatic amines is 1. The Morgan fingerprint density at radius 2 is 1.56 bits per heavy atom. The van der Waals surface area contributed by atoms with Crippen LogP contribution in [0.15, 0.2) is 114 Å². The van der Waals surface area contributed by atoms with Crippen LogP contribution in [-0.4, -0.2) is 75.1 Å². The normalized spacial score (nSPS) is 18.0. The summed E-state index contributed by atoms with van der Waals surface area (Å²) in [5.74, 6) is 0.674. The van der Waals surface area contributed by atoms with Gasteiger partial charge in [-0.15, -0.1) is 0 Å². The lowest BCUT2D eigenvalue weighted by molar-refractivity contribution is -0.124. The van der Waals surface area contributed by atoms with Crippen LogP contribution in [0.3, 0.4) is 0 Å². The molecule has 3 unspecified atom stereocenters. The average Bonchev–Trinajstić information content (AvgIpc) is 3.75. The van der Waals surface area contributed by atoms with Crippen molar-refractivity contribution in [1.29, 1.82) is 0 Å². The van der Waals surface area contributed by atoms with Gasteiger partial charge in [-0.25, -0.2) is 4.79 Å². The number of hydrogen-bond acceptors (Lipinski definition) is 8. The van der Waals surface area contributed by atoms with Crippen LogP contribution >= 0.6 is 0 Å². The second-order valence-corrected chi connectivity index (χ2v) is 23.1. The number of aromatic nitrogens is 1. The van der Waals surface area contributed by atoms with Crippen molar-refractivity contribution in [3.8, 4) is 16.9 Å². The highest BCUT2D eigenvalue weighted by atomic mass is 28.4. The molecule has 62 heavy (non-hydrogen) atoms. The number of piperidine rings is 1. The Balaban J connectivity index is 0.886. The first-order chi connectivity index (χ1) is 29.8. The molecule has 1 aromatic heterocycles. The van der Waals surface area contributed by atoms with Gasteiger partial charge in [0.25, 0.3) is 0 Å². The Bertz CT molecular complexity index is 2320. The molecule has 4 N–H and O–H groups in total. The van der Waals surface area contributed by atoms with Crippen molar-refractivity contribution in [3.63, 3.8) is 0 Å². The van der Waals surface area contributed by atoms with Gasteiger partial charge in [-0.1, -0.05) is 106 Å². The summed E-state index contributed by atoms with van der Waals surface area (Å²) in [4.78, 5) is 44.3. The summed E-state index contributed by atoms with van der Waals surface area (Å²) in [6.07, 6.45) is 3.13. The predicted octanol–water partition coefficient (Wildman–Crippen LogP) is 9.42. The smallest absolute Gasteiger partial charge is 0.411 e. The Morgan fingerprint density at radius 3 is 2.31 bits per heavy atom. The quantitative estimate of drug-likeness (QED) is 0.0722. The lowest BCUT2D eigenvalue weighted by Gasteiger charge is -2.40. The van der Waals surface area contributed by atoms with Crippen LogP contribution in [0.4, 0.5) is 10.5 Å². The maximum absolute atomic E-state index is 13.4. The van der Waals surface area contributed by atoms with E-state index in [4.69, 9.17) is 13.9 Å². The van der Waals surface area contributed by atoms with E-state index in [1.54, 1.807) is 6.07 Å². The van der Waals surface area contributed by atoms with Crippen molar-refractivity contribution in [1.82, 2.24) is 20.5 Å². The largest absolute Gasteiger partial charge is 0.487 e. The van der Waals surface area contributed by atoms with E-state index in [9.17, 15) is 14.4 Å². The summed E-state index contributed by atoms with van der Waals surface area (Å²) in [7, 11) is -2.23. The molecule has 0 radical (unpaired) electrons. The molecule has 4 aromatic carbocycles. The van der Waals surface area contributed by atoms with Gasteiger partial charge in [-0.05, 0) is 85.1 Å². The minimum absolute atomic E-state index is 0.0128. The summed E-state index contributed by atoms with van der Waals surface area (Å²) in [6.45, 7) is 15.2. The highest BCUT2D eigenvalue weighted by molar-refractivity contribution is 6.74. The molecule has 0 spiro atoms. The summed E-state index contributed by atoms with van der Waals surface area (Å²) in [5, 5.41) is 10.8. The third-order valence-corrected chi connectivity index (χ3v) is 17.4. The molecule has 1 aliphatic carbocycles. The van der Waals surface area contributed by atoms with Gasteiger partial charge in [-0.2, -0.15) is 0 Å². The molecule has 5 aromatic rings. The number of nitrogens with one attached hydrogen (secondary N) is 4. The zero-order chi connectivity index (χ0) is 43.7. The maximum Gasteiger partial charge on any atom is 0.411 e. The van der Waals surface area contributed by atoms with Gasteiger partial charge in [0.1, 0.15) is 18.5 Å². The highest BCUT2D eigenvalue weighted by Crippen LogP contribution is 2.41. The van der Waals surface area contributed by atoms with Gasteiger partial charge in [-0.3, -0.25) is 14.9 Å². The first-order valence-electron chi connectivity index (χ1n) is 22.2. The fraction of sp³-hybridized carbons (Fsp3) is 0.420. The molecular weight excluding hydrogens is 795 g/mol. The molecule has 2 aliphatic rings. The van der Waals surface area contributed by atoms with E-state index >= 15 is 0 Å². The van der Waals surface area contributed by atoms with Gasteiger partial charge in [0, 0.05) is 61.7 Å². The fourth-order valence-corrected chi connectivity index (χ4v) is 9.57. The van der Waals surface area contributed by atoms with Crippen LogP contribution in [0.5, 0.6) is 5.75 Å². The second-order valence-electron chi connectivity index (χ2n) is 18.3. The molecular formula is C50H63N5O6Si. The number of rotatable bonds is 16. The molecule has 2 amide bonds. The third-order valence-electron chi connectivity index (χ3n) is 12.9. The number of para-hydroxylation sites is 1. The summed E-state index contributed by atoms with van der Waals surface area (Å²) >= 11 is 0. The Hall–Kier alpha value is -5.27. The first-order valence-corrected chi connectivity index (χ1v) is 25.1. The van der Waals surface area contributed by atoms with Crippen LogP contribution < -0.4 is 26.2 Å². The Morgan fingerprint density at radius 1 is 0.855 bits per heavy atom. The molecule has 1 saturated carbocycles. The van der Waals surface area contributed by atoms with Crippen LogP contribution in [0.2, 0.25) is 18.1 Å². The number of H-pyrrole nitrogens is 1. The van der Waals surface area contributed by atoms with E-state index in [1.807, 2.05) is 97.1 Å². The van der Waals surface area contributed by atoms with Gasteiger partial charge in [0.15, 0.2) is 8.32 Å². The monoisotopic (exact) mass is 857 g/mol. The van der Waals surface area contributed by atoms with Crippen molar-refractivity contribution in [3.05, 3.63) is 131 Å². The predicted molar refractivity (Wildman–Crippen MR) is 250 cm³/mol. The minimum Gasteiger partial charge on any atom is -0.487 e. The molecule has 7 rings (SSSR count). The number of amides is 2. The molecule has 2 heterocycles. The van der Waals surface area contributed by atoms with Gasteiger partial charge < -0.3 is 34.4 Å². The van der Waals surface area contributed by atoms with Gasteiger partial charge in [0.2, 0.25) is 11.5 Å².